The van der Waals surface area contributed by atoms with E-state index >= 15 is 0 Å². The fourth-order valence-corrected chi connectivity index (χ4v) is 3.46. The van der Waals surface area contributed by atoms with Crippen molar-refractivity contribution in [3.63, 3.8) is 0 Å². The van der Waals surface area contributed by atoms with Gasteiger partial charge in [0.15, 0.2) is 0 Å². The van der Waals surface area contributed by atoms with Gasteiger partial charge in [-0.15, -0.1) is 0 Å². The first-order chi connectivity index (χ1) is 8.71. The lowest BCUT2D eigenvalue weighted by Gasteiger charge is -2.18. The summed E-state index contributed by atoms with van der Waals surface area (Å²) in [6.07, 6.45) is 0. The van der Waals surface area contributed by atoms with Crippen LogP contribution in [-0.4, -0.2) is 25.5 Å². The highest BCUT2D eigenvalue weighted by Crippen LogP contribution is 2.14. The third kappa shape index (κ3) is 5.30. The molecule has 0 radical (unpaired) electrons. The zero-order chi connectivity index (χ0) is 14.6. The molecule has 0 bridgehead atoms. The van der Waals surface area contributed by atoms with Crippen molar-refractivity contribution in [2.45, 2.75) is 25.6 Å². The monoisotopic (exact) mass is 349 g/mol. The number of hydrogen-bond acceptors (Lipinski definition) is 3. The second kappa shape index (κ2) is 6.49. The molecule has 0 spiro atoms. The van der Waals surface area contributed by atoms with Crippen LogP contribution >= 0.6 is 15.9 Å². The van der Waals surface area contributed by atoms with Crippen LogP contribution in [0.5, 0.6) is 0 Å². The summed E-state index contributed by atoms with van der Waals surface area (Å²) in [5.41, 5.74) is 0.592. The number of halogens is 1. The smallest absolute Gasteiger partial charge is 0.321 e. The lowest BCUT2D eigenvalue weighted by molar-refractivity contribution is -0.140. The predicted octanol–water partition coefficient (Wildman–Crippen LogP) is 1.98. The first-order valence-electron chi connectivity index (χ1n) is 5.68. The third-order valence-electron chi connectivity index (χ3n) is 2.48. The molecule has 1 aromatic rings. The molecular formula is C12H16BrNO4S. The van der Waals surface area contributed by atoms with Crippen molar-refractivity contribution >= 4 is 31.9 Å². The van der Waals surface area contributed by atoms with Crippen molar-refractivity contribution in [3.8, 4) is 0 Å². The average molecular weight is 350 g/mol. The maximum Gasteiger partial charge on any atom is 0.321 e. The molecule has 0 aliphatic heterocycles. The number of benzene rings is 1. The summed E-state index contributed by atoms with van der Waals surface area (Å²) in [7, 11) is -3.69. The first kappa shape index (κ1) is 16.1. The number of sulfonamides is 1. The quantitative estimate of drug-likeness (QED) is 0.822. The molecule has 0 saturated heterocycles. The van der Waals surface area contributed by atoms with Crippen LogP contribution in [0.15, 0.2) is 28.7 Å². The lowest BCUT2D eigenvalue weighted by Crippen LogP contribution is -2.44. The molecule has 0 fully saturated rings. The van der Waals surface area contributed by atoms with E-state index in [1.807, 2.05) is 0 Å². The molecule has 0 heterocycles. The molecule has 2 N–H and O–H groups in total. The highest BCUT2D eigenvalue weighted by Gasteiger charge is 2.26. The number of carboxylic acid groups (broad SMARTS) is 1. The van der Waals surface area contributed by atoms with Crippen molar-refractivity contribution in [2.75, 3.05) is 0 Å². The Kier molecular flexibility index (Phi) is 5.51. The molecule has 0 aromatic heterocycles. The Balaban J connectivity index is 2.84. The molecule has 1 atom stereocenters. The summed E-state index contributed by atoms with van der Waals surface area (Å²) in [6, 6.07) is 5.76. The van der Waals surface area contributed by atoms with Gasteiger partial charge in [0.25, 0.3) is 0 Å². The zero-order valence-electron chi connectivity index (χ0n) is 10.6. The van der Waals surface area contributed by atoms with Crippen LogP contribution in [0.25, 0.3) is 0 Å². The van der Waals surface area contributed by atoms with E-state index in [1.165, 1.54) is 0 Å². The summed E-state index contributed by atoms with van der Waals surface area (Å²) >= 11 is 3.26. The summed E-state index contributed by atoms with van der Waals surface area (Å²) < 4.78 is 26.9. The summed E-state index contributed by atoms with van der Waals surface area (Å²) in [5, 5.41) is 8.98. The number of aliphatic carboxylic acids is 1. The predicted molar refractivity (Wildman–Crippen MR) is 76.2 cm³/mol. The number of nitrogens with one attached hydrogen (secondary N) is 1. The van der Waals surface area contributed by atoms with Gasteiger partial charge in [-0.25, -0.2) is 13.1 Å². The van der Waals surface area contributed by atoms with Crippen molar-refractivity contribution in [3.05, 3.63) is 34.3 Å². The Bertz CT molecular complexity index is 557. The minimum absolute atomic E-state index is 0.247. The second-order valence-corrected chi connectivity index (χ2v) is 7.24. The van der Waals surface area contributed by atoms with Crippen LogP contribution in [0, 0.1) is 5.92 Å². The van der Waals surface area contributed by atoms with Crippen molar-refractivity contribution in [1.82, 2.24) is 4.72 Å². The van der Waals surface area contributed by atoms with Crippen molar-refractivity contribution in [1.29, 1.82) is 0 Å². The van der Waals surface area contributed by atoms with Crippen LogP contribution in [-0.2, 0) is 20.6 Å². The van der Waals surface area contributed by atoms with E-state index in [-0.39, 0.29) is 11.7 Å². The Labute approximate surface area is 121 Å². The largest absolute Gasteiger partial charge is 0.480 e. The first-order valence-corrected chi connectivity index (χ1v) is 8.13. The van der Waals surface area contributed by atoms with Crippen LogP contribution in [0.2, 0.25) is 0 Å². The van der Waals surface area contributed by atoms with Gasteiger partial charge in [-0.2, -0.15) is 0 Å². The fourth-order valence-electron chi connectivity index (χ4n) is 1.55. The molecule has 7 heteroatoms. The van der Waals surface area contributed by atoms with E-state index < -0.39 is 22.0 Å². The van der Waals surface area contributed by atoms with Gasteiger partial charge in [-0.05, 0) is 23.6 Å². The van der Waals surface area contributed by atoms with Gasteiger partial charge in [0.2, 0.25) is 10.0 Å². The van der Waals surface area contributed by atoms with E-state index in [4.69, 9.17) is 5.11 Å². The molecule has 5 nitrogen and oxygen atoms in total. The number of rotatable bonds is 6. The molecule has 19 heavy (non-hydrogen) atoms. The van der Waals surface area contributed by atoms with Crippen LogP contribution < -0.4 is 4.72 Å². The average Bonchev–Trinajstić information content (AvgIpc) is 2.24. The molecule has 1 aromatic carbocycles. The van der Waals surface area contributed by atoms with E-state index in [2.05, 4.69) is 20.7 Å². The standard InChI is InChI=1S/C12H16BrNO4S/c1-8(2)11(12(15)16)14-19(17,18)7-9-4-3-5-10(13)6-9/h3-6,8,11,14H,7H2,1-2H3,(H,15,16)/t11-/m0/s1. The summed E-state index contributed by atoms with van der Waals surface area (Å²) in [6.45, 7) is 3.31. The number of hydrogen-bond donors (Lipinski definition) is 2. The second-order valence-electron chi connectivity index (χ2n) is 4.57. The minimum Gasteiger partial charge on any atom is -0.480 e. The zero-order valence-corrected chi connectivity index (χ0v) is 13.0. The van der Waals surface area contributed by atoms with Gasteiger partial charge in [0.05, 0.1) is 5.75 Å². The normalized spacial score (nSPS) is 13.5. The molecular weight excluding hydrogens is 334 g/mol. The maximum absolute atomic E-state index is 11.9. The lowest BCUT2D eigenvalue weighted by atomic mass is 10.1. The molecule has 0 amide bonds. The molecule has 0 aliphatic carbocycles. The highest BCUT2D eigenvalue weighted by molar-refractivity contribution is 9.10. The van der Waals surface area contributed by atoms with Crippen molar-refractivity contribution in [2.24, 2.45) is 5.92 Å². The van der Waals surface area contributed by atoms with Crippen molar-refractivity contribution < 1.29 is 18.3 Å². The number of carboxylic acids is 1. The van der Waals surface area contributed by atoms with Gasteiger partial charge >= 0.3 is 5.97 Å². The molecule has 106 valence electrons. The van der Waals surface area contributed by atoms with E-state index in [0.717, 1.165) is 4.47 Å². The third-order valence-corrected chi connectivity index (χ3v) is 4.30. The van der Waals surface area contributed by atoms with Gasteiger partial charge in [-0.3, -0.25) is 4.79 Å². The topological polar surface area (TPSA) is 83.5 Å². The Morgan fingerprint density at radius 3 is 2.53 bits per heavy atom. The van der Waals surface area contributed by atoms with Gasteiger partial charge in [0, 0.05) is 4.47 Å². The maximum atomic E-state index is 11.9. The van der Waals surface area contributed by atoms with E-state index in [0.29, 0.717) is 5.56 Å². The minimum atomic E-state index is -3.69. The van der Waals surface area contributed by atoms with Crippen LogP contribution in [0.3, 0.4) is 0 Å². The van der Waals surface area contributed by atoms with Crippen LogP contribution in [0.1, 0.15) is 19.4 Å². The van der Waals surface area contributed by atoms with Gasteiger partial charge in [-0.1, -0.05) is 41.9 Å². The van der Waals surface area contributed by atoms with E-state index in [1.54, 1.807) is 38.1 Å². The van der Waals surface area contributed by atoms with Gasteiger partial charge in [0.1, 0.15) is 6.04 Å². The molecule has 0 saturated carbocycles. The highest BCUT2D eigenvalue weighted by atomic mass is 79.9. The van der Waals surface area contributed by atoms with Gasteiger partial charge < -0.3 is 5.11 Å². The SMILES string of the molecule is CC(C)[C@H](NS(=O)(=O)Cc1cccc(Br)c1)C(=O)O. The molecule has 0 aliphatic rings. The summed E-state index contributed by atoms with van der Waals surface area (Å²) in [4.78, 5) is 11.0. The molecule has 1 rings (SSSR count). The van der Waals surface area contributed by atoms with E-state index in [9.17, 15) is 13.2 Å². The summed E-state index contributed by atoms with van der Waals surface area (Å²) in [5.74, 6) is -1.74. The number of carbonyl (C=O) groups is 1. The van der Waals surface area contributed by atoms with Crippen LogP contribution in [0.4, 0.5) is 0 Å². The fraction of sp³-hybridized carbons (Fsp3) is 0.417. The Morgan fingerprint density at radius 2 is 2.05 bits per heavy atom. The molecule has 0 unspecified atom stereocenters. The Morgan fingerprint density at radius 1 is 1.42 bits per heavy atom. The Hall–Kier alpha value is -0.920.